The third kappa shape index (κ3) is 4.69. The highest BCUT2D eigenvalue weighted by Gasteiger charge is 2.31. The second-order valence-electron chi connectivity index (χ2n) is 14.7. The molecule has 0 spiro atoms. The van der Waals surface area contributed by atoms with Gasteiger partial charge in [-0.25, -0.2) is 0 Å². The summed E-state index contributed by atoms with van der Waals surface area (Å²) in [6, 6.07) is 67.5. The fourth-order valence-corrected chi connectivity index (χ4v) is 13.9. The smallest absolute Gasteiger partial charge is 0.171 e. The highest BCUT2D eigenvalue weighted by molar-refractivity contribution is 7.85. The molecule has 0 aliphatic heterocycles. The third-order valence-corrected chi connectivity index (χ3v) is 17.1. The molecule has 0 saturated carbocycles. The Bertz CT molecular complexity index is 3510. The van der Waals surface area contributed by atoms with E-state index in [0.29, 0.717) is 0 Å². The molecule has 1 nitrogen and oxygen atoms in total. The zero-order chi connectivity index (χ0) is 37.0. The molecule has 0 aliphatic rings. The molecule has 0 N–H and O–H groups in total. The molecule has 0 aliphatic carbocycles. The first-order valence-electron chi connectivity index (χ1n) is 18.9. The largest absolute Gasteiger partial charge is 0.309 e. The molecule has 2 aromatic heterocycles. The fourth-order valence-electron chi connectivity index (χ4n) is 9.03. The van der Waals surface area contributed by atoms with E-state index in [9.17, 15) is 0 Å². The quantitative estimate of drug-likeness (QED) is 0.129. The Kier molecular flexibility index (Phi) is 7.01. The van der Waals surface area contributed by atoms with Gasteiger partial charge < -0.3 is 4.57 Å². The third-order valence-electron chi connectivity index (χ3n) is 11.8. The van der Waals surface area contributed by atoms with Gasteiger partial charge in [0.2, 0.25) is 0 Å². The van der Waals surface area contributed by atoms with Gasteiger partial charge in [0.15, 0.2) is 7.14 Å². The molecule has 2 heterocycles. The number of hydrogen-bond donors (Lipinski definition) is 0. The Morgan fingerprint density at radius 2 is 0.750 bits per heavy atom. The standard InChI is InChI=1S/C52H31OPS2/c53-54(35-22-27-51-47(29-35)43-13-5-7-15-49(43)55-51,36-23-28-52-48(30-36)44-14-6-8-16-50(44)56-52)34-20-17-33(18-21-34)45-31-46-41-24-19-32-9-1-2-10-37(32)40(41)25-26-42(46)38-11-3-4-12-39(38)45/h1-31H. The molecule has 0 amide bonds. The van der Waals surface area contributed by atoms with Crippen LogP contribution in [-0.2, 0) is 4.57 Å². The van der Waals surface area contributed by atoms with Gasteiger partial charge in [-0.15, -0.1) is 22.7 Å². The first kappa shape index (κ1) is 32.2. The van der Waals surface area contributed by atoms with Crippen molar-refractivity contribution in [1.29, 1.82) is 0 Å². The van der Waals surface area contributed by atoms with E-state index in [0.717, 1.165) is 32.2 Å². The van der Waals surface area contributed by atoms with Crippen LogP contribution >= 0.6 is 29.8 Å². The van der Waals surface area contributed by atoms with Crippen molar-refractivity contribution >= 4 is 129 Å². The Morgan fingerprint density at radius 3 is 1.38 bits per heavy atom. The summed E-state index contributed by atoms with van der Waals surface area (Å²) in [6.45, 7) is 0. The van der Waals surface area contributed by atoms with Crippen LogP contribution in [0.25, 0.3) is 94.6 Å². The number of fused-ring (bicyclic) bond motifs is 13. The summed E-state index contributed by atoms with van der Waals surface area (Å²) >= 11 is 3.58. The van der Waals surface area contributed by atoms with Crippen molar-refractivity contribution in [3.05, 3.63) is 188 Å². The lowest BCUT2D eigenvalue weighted by atomic mass is 9.90. The molecule has 0 saturated heterocycles. The number of benzene rings is 10. The lowest BCUT2D eigenvalue weighted by Crippen LogP contribution is -2.25. The van der Waals surface area contributed by atoms with Gasteiger partial charge in [-0.3, -0.25) is 0 Å². The normalized spacial score (nSPS) is 12.4. The van der Waals surface area contributed by atoms with Gasteiger partial charge in [0.25, 0.3) is 0 Å². The van der Waals surface area contributed by atoms with E-state index in [-0.39, 0.29) is 0 Å². The van der Waals surface area contributed by atoms with Crippen LogP contribution in [0, 0.1) is 0 Å². The van der Waals surface area contributed by atoms with Gasteiger partial charge in [0.1, 0.15) is 0 Å². The molecule has 0 radical (unpaired) electrons. The van der Waals surface area contributed by atoms with Crippen molar-refractivity contribution in [2.24, 2.45) is 0 Å². The summed E-state index contributed by atoms with van der Waals surface area (Å²) in [7, 11) is -3.34. The average molecular weight is 767 g/mol. The predicted octanol–water partition coefficient (Wildman–Crippen LogP) is 14.3. The van der Waals surface area contributed by atoms with Crippen LogP contribution in [0.5, 0.6) is 0 Å². The first-order chi connectivity index (χ1) is 27.6. The van der Waals surface area contributed by atoms with Gasteiger partial charge in [-0.1, -0.05) is 133 Å². The average Bonchev–Trinajstić information content (AvgIpc) is 3.83. The molecule has 56 heavy (non-hydrogen) atoms. The Balaban J connectivity index is 1.08. The van der Waals surface area contributed by atoms with Crippen molar-refractivity contribution in [2.45, 2.75) is 0 Å². The minimum absolute atomic E-state index is 0.834. The van der Waals surface area contributed by atoms with Gasteiger partial charge in [-0.2, -0.15) is 0 Å². The number of thiophene rings is 2. The summed E-state index contributed by atoms with van der Waals surface area (Å²) in [4.78, 5) is 0. The molecule has 12 rings (SSSR count). The van der Waals surface area contributed by atoms with Crippen molar-refractivity contribution in [3.8, 4) is 11.1 Å². The molecule has 0 unspecified atom stereocenters. The van der Waals surface area contributed by atoms with Crippen LogP contribution in [-0.4, -0.2) is 0 Å². The van der Waals surface area contributed by atoms with Gasteiger partial charge >= 0.3 is 0 Å². The van der Waals surface area contributed by atoms with Crippen molar-refractivity contribution in [2.75, 3.05) is 0 Å². The highest BCUT2D eigenvalue weighted by atomic mass is 32.1. The first-order valence-corrected chi connectivity index (χ1v) is 22.3. The summed E-state index contributed by atoms with van der Waals surface area (Å²) < 4.78 is 21.2. The van der Waals surface area contributed by atoms with E-state index in [1.807, 2.05) is 0 Å². The minimum atomic E-state index is -3.34. The molecule has 4 heteroatoms. The summed E-state index contributed by atoms with van der Waals surface area (Å²) in [5.74, 6) is 0. The Labute approximate surface area is 331 Å². The van der Waals surface area contributed by atoms with E-state index >= 15 is 4.57 Å². The van der Waals surface area contributed by atoms with Gasteiger partial charge in [-0.05, 0) is 109 Å². The van der Waals surface area contributed by atoms with Crippen molar-refractivity contribution in [1.82, 2.24) is 0 Å². The summed E-state index contributed by atoms with van der Waals surface area (Å²) in [6.07, 6.45) is 0. The second-order valence-corrected chi connectivity index (χ2v) is 19.7. The molecular formula is C52H31OPS2. The van der Waals surface area contributed by atoms with Crippen LogP contribution in [0.4, 0.5) is 0 Å². The summed E-state index contributed by atoms with van der Waals surface area (Å²) in [5.41, 5.74) is 2.28. The molecule has 0 fully saturated rings. The molecule has 262 valence electrons. The van der Waals surface area contributed by atoms with Crippen LogP contribution in [0.3, 0.4) is 0 Å². The molecule has 10 aromatic carbocycles. The Hall–Kier alpha value is -6.09. The van der Waals surface area contributed by atoms with Crippen LogP contribution in [0.1, 0.15) is 0 Å². The van der Waals surface area contributed by atoms with E-state index in [4.69, 9.17) is 0 Å². The molecule has 0 atom stereocenters. The lowest BCUT2D eigenvalue weighted by molar-refractivity contribution is 0.592. The van der Waals surface area contributed by atoms with Crippen molar-refractivity contribution < 1.29 is 4.57 Å². The maximum absolute atomic E-state index is 16.3. The lowest BCUT2D eigenvalue weighted by Gasteiger charge is -2.21. The van der Waals surface area contributed by atoms with Crippen LogP contribution in [0.15, 0.2) is 188 Å². The van der Waals surface area contributed by atoms with Gasteiger partial charge in [0, 0.05) is 56.3 Å². The minimum Gasteiger partial charge on any atom is -0.309 e. The SMILES string of the molecule is O=P(c1ccc(-c2cc3c(ccc4c5ccccc5ccc43)c3ccccc23)cc1)(c1ccc2sc3ccccc3c2c1)c1ccc2sc3ccccc3c2c1. The molecule has 12 aromatic rings. The fraction of sp³-hybridized carbons (Fsp3) is 0. The van der Waals surface area contributed by atoms with Crippen LogP contribution in [0.2, 0.25) is 0 Å². The molecular weight excluding hydrogens is 736 g/mol. The van der Waals surface area contributed by atoms with E-state index in [1.54, 1.807) is 22.7 Å². The van der Waals surface area contributed by atoms with Crippen molar-refractivity contribution in [3.63, 3.8) is 0 Å². The van der Waals surface area contributed by atoms with E-state index in [1.165, 1.54) is 78.2 Å². The zero-order valence-corrected chi connectivity index (χ0v) is 32.6. The van der Waals surface area contributed by atoms with E-state index in [2.05, 4.69) is 188 Å². The zero-order valence-electron chi connectivity index (χ0n) is 30.1. The molecule has 0 bridgehead atoms. The maximum atomic E-state index is 16.3. The second kappa shape index (κ2) is 12.2. The monoisotopic (exact) mass is 766 g/mol. The highest BCUT2D eigenvalue weighted by Crippen LogP contribution is 2.47. The predicted molar refractivity (Wildman–Crippen MR) is 247 cm³/mol. The Morgan fingerprint density at radius 1 is 0.304 bits per heavy atom. The number of hydrogen-bond acceptors (Lipinski definition) is 3. The summed E-state index contributed by atoms with van der Waals surface area (Å²) in [5, 5.41) is 17.2. The van der Waals surface area contributed by atoms with Crippen LogP contribution < -0.4 is 15.9 Å². The topological polar surface area (TPSA) is 17.1 Å². The van der Waals surface area contributed by atoms with E-state index < -0.39 is 7.14 Å². The van der Waals surface area contributed by atoms with Gasteiger partial charge in [0.05, 0.1) is 0 Å². The maximum Gasteiger partial charge on any atom is 0.171 e. The number of rotatable bonds is 4.